The van der Waals surface area contributed by atoms with Crippen molar-refractivity contribution in [2.24, 2.45) is 5.92 Å². The number of hydrogen-bond acceptors (Lipinski definition) is 4. The molecule has 0 bridgehead atoms. The Bertz CT molecular complexity index is 408. The molecule has 1 atom stereocenters. The lowest BCUT2D eigenvalue weighted by Gasteiger charge is -2.11. The first-order chi connectivity index (χ1) is 9.33. The number of aliphatic hydroxyl groups is 1. The van der Waals surface area contributed by atoms with E-state index >= 15 is 0 Å². The number of aliphatic hydroxyl groups excluding tert-OH is 1. The Morgan fingerprint density at radius 2 is 2.32 bits per heavy atom. The third kappa shape index (κ3) is 4.11. The fourth-order valence-electron chi connectivity index (χ4n) is 2.38. The summed E-state index contributed by atoms with van der Waals surface area (Å²) in [5.41, 5.74) is 1.23. The van der Waals surface area contributed by atoms with Gasteiger partial charge in [-0.1, -0.05) is 0 Å². The molecule has 0 saturated carbocycles. The van der Waals surface area contributed by atoms with E-state index in [-0.39, 0.29) is 6.61 Å². The van der Waals surface area contributed by atoms with Crippen LogP contribution in [0.5, 0.6) is 0 Å². The maximum Gasteiger partial charge on any atom is 0.114 e. The summed E-state index contributed by atoms with van der Waals surface area (Å²) in [5.74, 6) is 2.25. The van der Waals surface area contributed by atoms with Gasteiger partial charge in [-0.2, -0.15) is 0 Å². The molecule has 0 saturated heterocycles. The van der Waals surface area contributed by atoms with Crippen LogP contribution in [0, 0.1) is 5.92 Å². The number of fused-ring (bicyclic) bond motifs is 1. The molecule has 4 nitrogen and oxygen atoms in total. The number of ether oxygens (including phenoxy) is 2. The molecule has 0 fully saturated rings. The minimum Gasteiger partial charge on any atom is -0.498 e. The summed E-state index contributed by atoms with van der Waals surface area (Å²) in [7, 11) is 1.69. The van der Waals surface area contributed by atoms with Crippen molar-refractivity contribution in [3.63, 3.8) is 0 Å². The molecule has 1 aliphatic carbocycles. The number of allylic oxidation sites excluding steroid dienone is 2. The van der Waals surface area contributed by atoms with Crippen LogP contribution in [-0.2, 0) is 22.3 Å². The summed E-state index contributed by atoms with van der Waals surface area (Å²) < 4.78 is 16.3. The molecule has 1 aromatic heterocycles. The van der Waals surface area contributed by atoms with E-state index in [4.69, 9.17) is 19.0 Å². The second-order valence-corrected chi connectivity index (χ2v) is 4.85. The minimum absolute atomic E-state index is 0.200. The number of rotatable bonds is 7. The third-order valence-corrected chi connectivity index (χ3v) is 3.36. The Balaban J connectivity index is 1.99. The fourth-order valence-corrected chi connectivity index (χ4v) is 2.38. The van der Waals surface area contributed by atoms with Crippen molar-refractivity contribution in [2.75, 3.05) is 26.9 Å². The van der Waals surface area contributed by atoms with E-state index in [0.29, 0.717) is 25.6 Å². The van der Waals surface area contributed by atoms with Gasteiger partial charge in [0.1, 0.15) is 5.76 Å². The van der Waals surface area contributed by atoms with Crippen LogP contribution in [0.2, 0.25) is 0 Å². The van der Waals surface area contributed by atoms with Gasteiger partial charge in [-0.05, 0) is 36.5 Å². The second-order valence-electron chi connectivity index (χ2n) is 4.85. The largest absolute Gasteiger partial charge is 0.498 e. The normalized spacial score (nSPS) is 18.6. The van der Waals surface area contributed by atoms with Gasteiger partial charge in [0.05, 0.1) is 25.1 Å². The lowest BCUT2D eigenvalue weighted by Crippen LogP contribution is -2.05. The zero-order chi connectivity index (χ0) is 13.5. The van der Waals surface area contributed by atoms with Crippen LogP contribution in [0.15, 0.2) is 28.6 Å². The molecule has 1 aromatic rings. The van der Waals surface area contributed by atoms with Gasteiger partial charge < -0.3 is 19.0 Å². The Labute approximate surface area is 114 Å². The molecule has 2 rings (SSSR count). The Kier molecular flexibility index (Phi) is 5.48. The van der Waals surface area contributed by atoms with Crippen molar-refractivity contribution in [1.82, 2.24) is 0 Å². The first-order valence-corrected chi connectivity index (χ1v) is 6.82. The van der Waals surface area contributed by atoms with Crippen LogP contribution in [0.3, 0.4) is 0 Å². The Hall–Kier alpha value is -1.26. The molecule has 0 aromatic carbocycles. The maximum atomic E-state index is 9.13. The van der Waals surface area contributed by atoms with E-state index in [1.54, 1.807) is 13.4 Å². The summed E-state index contributed by atoms with van der Waals surface area (Å²) in [4.78, 5) is 0. The van der Waals surface area contributed by atoms with E-state index in [2.05, 4.69) is 6.08 Å². The van der Waals surface area contributed by atoms with Crippen molar-refractivity contribution in [2.45, 2.75) is 25.7 Å². The molecular weight excluding hydrogens is 244 g/mol. The van der Waals surface area contributed by atoms with Gasteiger partial charge in [-0.25, -0.2) is 0 Å². The number of methoxy groups -OCH3 is 1. The molecular formula is C15H22O4. The number of furan rings is 1. The quantitative estimate of drug-likeness (QED) is 0.769. The molecule has 1 unspecified atom stereocenters. The molecule has 1 N–H and O–H groups in total. The summed E-state index contributed by atoms with van der Waals surface area (Å²) in [6.07, 6.45) is 7.13. The van der Waals surface area contributed by atoms with Gasteiger partial charge in [0, 0.05) is 26.7 Å². The van der Waals surface area contributed by atoms with E-state index in [1.165, 1.54) is 5.56 Å². The molecule has 106 valence electrons. The highest BCUT2D eigenvalue weighted by molar-refractivity contribution is 5.25. The van der Waals surface area contributed by atoms with Gasteiger partial charge in [-0.15, -0.1) is 0 Å². The lowest BCUT2D eigenvalue weighted by atomic mass is 9.98. The van der Waals surface area contributed by atoms with Crippen LogP contribution in [0.25, 0.3) is 0 Å². The van der Waals surface area contributed by atoms with Crippen molar-refractivity contribution >= 4 is 0 Å². The van der Waals surface area contributed by atoms with E-state index in [1.807, 2.05) is 6.07 Å². The molecule has 1 heterocycles. The Morgan fingerprint density at radius 1 is 1.42 bits per heavy atom. The van der Waals surface area contributed by atoms with Crippen molar-refractivity contribution in [1.29, 1.82) is 0 Å². The first kappa shape index (κ1) is 14.2. The number of hydrogen-bond donors (Lipinski definition) is 1. The van der Waals surface area contributed by atoms with Crippen molar-refractivity contribution in [3.05, 3.63) is 35.5 Å². The van der Waals surface area contributed by atoms with Crippen LogP contribution in [-0.4, -0.2) is 32.0 Å². The van der Waals surface area contributed by atoms with Gasteiger partial charge >= 0.3 is 0 Å². The van der Waals surface area contributed by atoms with Gasteiger partial charge in [0.2, 0.25) is 0 Å². The predicted octanol–water partition coefficient (Wildman–Crippen LogP) is 2.31. The molecule has 19 heavy (non-hydrogen) atoms. The summed E-state index contributed by atoms with van der Waals surface area (Å²) >= 11 is 0. The average molecular weight is 266 g/mol. The topological polar surface area (TPSA) is 51.8 Å². The molecule has 0 radical (unpaired) electrons. The fraction of sp³-hybridized carbons (Fsp3) is 0.600. The van der Waals surface area contributed by atoms with Crippen LogP contribution < -0.4 is 0 Å². The average Bonchev–Trinajstić information content (AvgIpc) is 2.75. The smallest absolute Gasteiger partial charge is 0.114 e. The minimum atomic E-state index is 0.200. The van der Waals surface area contributed by atoms with Gasteiger partial charge in [0.15, 0.2) is 0 Å². The summed E-state index contributed by atoms with van der Waals surface area (Å²) in [6, 6.07) is 2.02. The SMILES string of the molecule is COCCCOC1=CC(CCO)Cc2ccoc2C1. The highest BCUT2D eigenvalue weighted by Gasteiger charge is 2.19. The second kappa shape index (κ2) is 7.36. The summed E-state index contributed by atoms with van der Waals surface area (Å²) in [6.45, 7) is 1.56. The molecule has 0 aliphatic heterocycles. The van der Waals surface area contributed by atoms with Gasteiger partial charge in [-0.3, -0.25) is 0 Å². The van der Waals surface area contributed by atoms with Crippen LogP contribution in [0.1, 0.15) is 24.2 Å². The molecule has 0 amide bonds. The monoisotopic (exact) mass is 266 g/mol. The van der Waals surface area contributed by atoms with Crippen LogP contribution in [0.4, 0.5) is 0 Å². The van der Waals surface area contributed by atoms with E-state index in [9.17, 15) is 0 Å². The standard InChI is InChI=1S/C15H22O4/c1-17-6-2-7-18-14-10-12(3-5-16)9-13-4-8-19-15(13)11-14/h4,8,10,12,16H,2-3,5-7,9,11H2,1H3. The van der Waals surface area contributed by atoms with Gasteiger partial charge in [0.25, 0.3) is 0 Å². The zero-order valence-corrected chi connectivity index (χ0v) is 11.4. The van der Waals surface area contributed by atoms with E-state index in [0.717, 1.165) is 30.8 Å². The molecule has 0 spiro atoms. The predicted molar refractivity (Wildman–Crippen MR) is 71.8 cm³/mol. The highest BCUT2D eigenvalue weighted by atomic mass is 16.5. The van der Waals surface area contributed by atoms with Crippen LogP contribution >= 0.6 is 0 Å². The zero-order valence-electron chi connectivity index (χ0n) is 11.4. The Morgan fingerprint density at radius 3 is 3.11 bits per heavy atom. The highest BCUT2D eigenvalue weighted by Crippen LogP contribution is 2.26. The first-order valence-electron chi connectivity index (χ1n) is 6.82. The van der Waals surface area contributed by atoms with Crippen molar-refractivity contribution < 1.29 is 19.0 Å². The maximum absolute atomic E-state index is 9.13. The van der Waals surface area contributed by atoms with E-state index < -0.39 is 0 Å². The van der Waals surface area contributed by atoms with Crippen molar-refractivity contribution in [3.8, 4) is 0 Å². The molecule has 1 aliphatic rings. The molecule has 4 heteroatoms. The lowest BCUT2D eigenvalue weighted by molar-refractivity contribution is 0.141. The summed E-state index contributed by atoms with van der Waals surface area (Å²) in [5, 5.41) is 9.13. The third-order valence-electron chi connectivity index (χ3n) is 3.36.